The molecule has 9 heteroatoms. The Balaban J connectivity index is 3.05. The molecule has 0 aliphatic heterocycles. The third-order valence-corrected chi connectivity index (χ3v) is 2.25. The van der Waals surface area contributed by atoms with Crippen molar-refractivity contribution in [2.24, 2.45) is 0 Å². The summed E-state index contributed by atoms with van der Waals surface area (Å²) in [5, 5.41) is 8.92. The van der Waals surface area contributed by atoms with Crippen molar-refractivity contribution in [3.8, 4) is 0 Å². The van der Waals surface area contributed by atoms with E-state index in [1.807, 2.05) is 0 Å². The van der Waals surface area contributed by atoms with Gasteiger partial charge in [0.1, 0.15) is 11.6 Å². The maximum atomic E-state index is 12.6. The SMILES string of the molecule is COCCN(CCO)c1cc(N)nc(C(F)(F)F)n1. The van der Waals surface area contributed by atoms with Crippen LogP contribution in [0, 0.1) is 0 Å². The van der Waals surface area contributed by atoms with E-state index in [-0.39, 0.29) is 37.9 Å². The molecular weight excluding hydrogens is 265 g/mol. The van der Waals surface area contributed by atoms with Gasteiger partial charge in [-0.25, -0.2) is 9.97 Å². The van der Waals surface area contributed by atoms with E-state index >= 15 is 0 Å². The predicted octanol–water partition coefficient (Wildman–Crippen LogP) is 0.523. The van der Waals surface area contributed by atoms with E-state index in [0.29, 0.717) is 0 Å². The number of nitrogen functional groups attached to an aromatic ring is 1. The van der Waals surface area contributed by atoms with Crippen molar-refractivity contribution in [3.63, 3.8) is 0 Å². The van der Waals surface area contributed by atoms with Gasteiger partial charge in [-0.3, -0.25) is 0 Å². The molecule has 108 valence electrons. The number of halogens is 3. The maximum absolute atomic E-state index is 12.6. The summed E-state index contributed by atoms with van der Waals surface area (Å²) in [6, 6.07) is 1.22. The molecule has 6 nitrogen and oxygen atoms in total. The maximum Gasteiger partial charge on any atom is 0.451 e. The smallest absolute Gasteiger partial charge is 0.395 e. The fraction of sp³-hybridized carbons (Fsp3) is 0.600. The molecule has 0 amide bonds. The average Bonchev–Trinajstić information content (AvgIpc) is 2.32. The first-order valence-corrected chi connectivity index (χ1v) is 5.45. The standard InChI is InChI=1S/C10H15F3N4O2/c1-19-5-3-17(2-4-18)8-6-7(14)15-9(16-8)10(11,12)13/h6,18H,2-5H2,1H3,(H2,14,15,16). The molecule has 1 rings (SSSR count). The summed E-state index contributed by atoms with van der Waals surface area (Å²) in [6.45, 7) is 0.460. The van der Waals surface area contributed by atoms with Gasteiger partial charge in [-0.2, -0.15) is 13.2 Å². The van der Waals surface area contributed by atoms with Crippen molar-refractivity contribution in [1.29, 1.82) is 0 Å². The Morgan fingerprint density at radius 1 is 1.37 bits per heavy atom. The van der Waals surface area contributed by atoms with Crippen molar-refractivity contribution < 1.29 is 23.0 Å². The van der Waals surface area contributed by atoms with Crippen LogP contribution < -0.4 is 10.6 Å². The first kappa shape index (κ1) is 15.4. The first-order chi connectivity index (χ1) is 8.88. The Morgan fingerprint density at radius 3 is 2.58 bits per heavy atom. The lowest BCUT2D eigenvalue weighted by Crippen LogP contribution is -2.31. The minimum Gasteiger partial charge on any atom is -0.395 e. The van der Waals surface area contributed by atoms with Crippen LogP contribution in [-0.4, -0.2) is 48.5 Å². The number of alkyl halides is 3. The average molecular weight is 280 g/mol. The number of hydrogen-bond acceptors (Lipinski definition) is 6. The zero-order chi connectivity index (χ0) is 14.5. The summed E-state index contributed by atoms with van der Waals surface area (Å²) in [5.74, 6) is -1.58. The molecule has 1 heterocycles. The second kappa shape index (κ2) is 6.53. The van der Waals surface area contributed by atoms with Crippen molar-refractivity contribution in [2.45, 2.75) is 6.18 Å². The quantitative estimate of drug-likeness (QED) is 0.790. The molecule has 1 aromatic rings. The van der Waals surface area contributed by atoms with E-state index in [0.717, 1.165) is 0 Å². The second-order valence-corrected chi connectivity index (χ2v) is 3.68. The predicted molar refractivity (Wildman–Crippen MR) is 62.6 cm³/mol. The molecule has 0 unspecified atom stereocenters. The Bertz CT molecular complexity index is 414. The highest BCUT2D eigenvalue weighted by Crippen LogP contribution is 2.28. The minimum atomic E-state index is -4.67. The molecule has 0 aliphatic carbocycles. The van der Waals surface area contributed by atoms with Gasteiger partial charge in [0.25, 0.3) is 0 Å². The fourth-order valence-corrected chi connectivity index (χ4v) is 1.40. The van der Waals surface area contributed by atoms with Gasteiger partial charge in [0.15, 0.2) is 0 Å². The molecule has 0 saturated carbocycles. The highest BCUT2D eigenvalue weighted by atomic mass is 19.4. The zero-order valence-corrected chi connectivity index (χ0v) is 10.3. The molecule has 0 saturated heterocycles. The molecule has 0 bridgehead atoms. The molecule has 19 heavy (non-hydrogen) atoms. The number of aliphatic hydroxyl groups excluding tert-OH is 1. The van der Waals surface area contributed by atoms with Crippen LogP contribution in [0.2, 0.25) is 0 Å². The molecule has 0 aliphatic rings. The van der Waals surface area contributed by atoms with Gasteiger partial charge in [0, 0.05) is 26.3 Å². The van der Waals surface area contributed by atoms with Crippen molar-refractivity contribution in [1.82, 2.24) is 9.97 Å². The Hall–Kier alpha value is -1.61. The van der Waals surface area contributed by atoms with Gasteiger partial charge < -0.3 is 20.5 Å². The first-order valence-electron chi connectivity index (χ1n) is 5.45. The number of nitrogens with zero attached hydrogens (tertiary/aromatic N) is 3. The molecule has 3 N–H and O–H groups in total. The number of aliphatic hydroxyl groups is 1. The van der Waals surface area contributed by atoms with E-state index in [9.17, 15) is 13.2 Å². The van der Waals surface area contributed by atoms with E-state index in [1.165, 1.54) is 18.1 Å². The van der Waals surface area contributed by atoms with E-state index in [1.54, 1.807) is 0 Å². The van der Waals surface area contributed by atoms with E-state index in [2.05, 4.69) is 9.97 Å². The van der Waals surface area contributed by atoms with Gasteiger partial charge in [-0.1, -0.05) is 0 Å². The van der Waals surface area contributed by atoms with Crippen LogP contribution in [0.3, 0.4) is 0 Å². The number of aromatic nitrogens is 2. The lowest BCUT2D eigenvalue weighted by molar-refractivity contribution is -0.144. The lowest BCUT2D eigenvalue weighted by atomic mass is 10.4. The summed E-state index contributed by atoms with van der Waals surface area (Å²) in [4.78, 5) is 8.01. The minimum absolute atomic E-state index is 0.00549. The summed E-state index contributed by atoms with van der Waals surface area (Å²) >= 11 is 0. The Kier molecular flexibility index (Phi) is 5.31. The van der Waals surface area contributed by atoms with Crippen LogP contribution in [-0.2, 0) is 10.9 Å². The molecule has 0 spiro atoms. The normalized spacial score (nSPS) is 11.6. The summed E-state index contributed by atoms with van der Waals surface area (Å²) in [5.41, 5.74) is 5.35. The van der Waals surface area contributed by atoms with Crippen LogP contribution in [0.1, 0.15) is 5.82 Å². The lowest BCUT2D eigenvalue weighted by Gasteiger charge is -2.23. The Morgan fingerprint density at radius 2 is 2.05 bits per heavy atom. The largest absolute Gasteiger partial charge is 0.451 e. The third kappa shape index (κ3) is 4.52. The highest BCUT2D eigenvalue weighted by Gasteiger charge is 2.35. The third-order valence-electron chi connectivity index (χ3n) is 2.25. The molecule has 0 fully saturated rings. The topological polar surface area (TPSA) is 84.5 Å². The van der Waals surface area contributed by atoms with E-state index < -0.39 is 12.0 Å². The second-order valence-electron chi connectivity index (χ2n) is 3.68. The van der Waals surface area contributed by atoms with Crippen LogP contribution in [0.25, 0.3) is 0 Å². The van der Waals surface area contributed by atoms with Crippen molar-refractivity contribution in [2.75, 3.05) is 44.0 Å². The van der Waals surface area contributed by atoms with Gasteiger partial charge >= 0.3 is 6.18 Å². The molecular formula is C10H15F3N4O2. The highest BCUT2D eigenvalue weighted by molar-refractivity contribution is 5.47. The number of hydrogen-bond donors (Lipinski definition) is 2. The van der Waals surface area contributed by atoms with Crippen molar-refractivity contribution >= 4 is 11.6 Å². The fourth-order valence-electron chi connectivity index (χ4n) is 1.40. The van der Waals surface area contributed by atoms with Crippen LogP contribution >= 0.6 is 0 Å². The van der Waals surface area contributed by atoms with E-state index in [4.69, 9.17) is 15.6 Å². The summed E-state index contributed by atoms with van der Waals surface area (Å²) in [6.07, 6.45) is -4.67. The van der Waals surface area contributed by atoms with Gasteiger partial charge in [0.05, 0.1) is 13.2 Å². The zero-order valence-electron chi connectivity index (χ0n) is 10.3. The number of rotatable bonds is 6. The number of methoxy groups -OCH3 is 1. The number of nitrogens with two attached hydrogens (primary N) is 1. The number of ether oxygens (including phenoxy) is 1. The summed E-state index contributed by atoms with van der Waals surface area (Å²) < 4.78 is 42.6. The molecule has 0 radical (unpaired) electrons. The monoisotopic (exact) mass is 280 g/mol. The summed E-state index contributed by atoms with van der Waals surface area (Å²) in [7, 11) is 1.46. The number of anilines is 2. The van der Waals surface area contributed by atoms with Crippen molar-refractivity contribution in [3.05, 3.63) is 11.9 Å². The van der Waals surface area contributed by atoms with Gasteiger partial charge in [0.2, 0.25) is 5.82 Å². The van der Waals surface area contributed by atoms with Crippen LogP contribution in [0.5, 0.6) is 0 Å². The molecule has 0 atom stereocenters. The van der Waals surface area contributed by atoms with Gasteiger partial charge in [-0.15, -0.1) is 0 Å². The van der Waals surface area contributed by atoms with Gasteiger partial charge in [-0.05, 0) is 0 Å². The van der Waals surface area contributed by atoms with Crippen LogP contribution in [0.4, 0.5) is 24.8 Å². The molecule has 1 aromatic heterocycles. The van der Waals surface area contributed by atoms with Crippen LogP contribution in [0.15, 0.2) is 6.07 Å². The molecule has 0 aromatic carbocycles. The Labute approximate surface area is 108 Å².